The minimum Gasteiger partial charge on any atom is -0.374 e. The summed E-state index contributed by atoms with van der Waals surface area (Å²) in [7, 11) is 2.20. The Balaban J connectivity index is 1.85. The monoisotopic (exact) mass is 287 g/mol. The third kappa shape index (κ3) is 2.82. The second kappa shape index (κ2) is 5.98. The molecule has 0 saturated carbocycles. The van der Waals surface area contributed by atoms with Crippen molar-refractivity contribution in [1.29, 1.82) is 0 Å². The molecule has 2 heterocycles. The van der Waals surface area contributed by atoms with Gasteiger partial charge in [0, 0.05) is 45.0 Å². The summed E-state index contributed by atoms with van der Waals surface area (Å²) in [5.74, 6) is 1.56. The SMILES string of the molecule is CC1CN(C(CN)c2ccc3c(c2)CCCN3C)CC1C. The number of fused-ring (bicyclic) bond motifs is 1. The lowest BCUT2D eigenvalue weighted by Crippen LogP contribution is -2.32. The average molecular weight is 287 g/mol. The third-order valence-corrected chi connectivity index (χ3v) is 5.52. The molecule has 2 N–H and O–H groups in total. The van der Waals surface area contributed by atoms with Crippen LogP contribution >= 0.6 is 0 Å². The van der Waals surface area contributed by atoms with Gasteiger partial charge in [0.05, 0.1) is 0 Å². The van der Waals surface area contributed by atoms with Crippen LogP contribution in [0.1, 0.15) is 37.4 Å². The molecule has 3 nitrogen and oxygen atoms in total. The van der Waals surface area contributed by atoms with Crippen molar-refractivity contribution in [2.75, 3.05) is 38.1 Å². The summed E-state index contributed by atoms with van der Waals surface area (Å²) in [6.45, 7) is 8.97. The highest BCUT2D eigenvalue weighted by molar-refractivity contribution is 5.56. The number of hydrogen-bond acceptors (Lipinski definition) is 3. The lowest BCUT2D eigenvalue weighted by molar-refractivity contribution is 0.240. The summed E-state index contributed by atoms with van der Waals surface area (Å²) in [6, 6.07) is 7.40. The van der Waals surface area contributed by atoms with Crippen molar-refractivity contribution >= 4 is 5.69 Å². The Kier molecular flexibility index (Phi) is 4.23. The molecule has 0 radical (unpaired) electrons. The average Bonchev–Trinajstić information content (AvgIpc) is 2.79. The molecule has 1 aromatic rings. The molecule has 3 atom stereocenters. The first kappa shape index (κ1) is 14.9. The van der Waals surface area contributed by atoms with Crippen LogP contribution in [0.15, 0.2) is 18.2 Å². The summed E-state index contributed by atoms with van der Waals surface area (Å²) >= 11 is 0. The summed E-state index contributed by atoms with van der Waals surface area (Å²) in [6.07, 6.45) is 2.47. The van der Waals surface area contributed by atoms with Crippen LogP contribution in [0.25, 0.3) is 0 Å². The molecule has 2 aliphatic heterocycles. The van der Waals surface area contributed by atoms with E-state index in [4.69, 9.17) is 5.73 Å². The lowest BCUT2D eigenvalue weighted by Gasteiger charge is -2.31. The molecule has 21 heavy (non-hydrogen) atoms. The summed E-state index contributed by atoms with van der Waals surface area (Å²) < 4.78 is 0. The van der Waals surface area contributed by atoms with Crippen molar-refractivity contribution in [3.05, 3.63) is 29.3 Å². The summed E-state index contributed by atoms with van der Waals surface area (Å²) in [5, 5.41) is 0. The Morgan fingerprint density at radius 1 is 1.24 bits per heavy atom. The first-order valence-electron chi connectivity index (χ1n) is 8.38. The van der Waals surface area contributed by atoms with E-state index in [0.717, 1.165) is 11.8 Å². The van der Waals surface area contributed by atoms with Gasteiger partial charge in [0.1, 0.15) is 0 Å². The number of benzene rings is 1. The second-order valence-corrected chi connectivity index (χ2v) is 7.07. The van der Waals surface area contributed by atoms with Gasteiger partial charge in [-0.3, -0.25) is 4.90 Å². The van der Waals surface area contributed by atoms with Gasteiger partial charge < -0.3 is 10.6 Å². The van der Waals surface area contributed by atoms with Gasteiger partial charge in [-0.1, -0.05) is 26.0 Å². The van der Waals surface area contributed by atoms with Crippen LogP contribution in [0.2, 0.25) is 0 Å². The standard InChI is InChI=1S/C18H29N3/c1-13-11-21(12-14(13)2)18(10-19)16-6-7-17-15(9-16)5-4-8-20(17)3/h6-7,9,13-14,18H,4-5,8,10-12,19H2,1-3H3. The van der Waals surface area contributed by atoms with Gasteiger partial charge in [0.25, 0.3) is 0 Å². The zero-order valence-electron chi connectivity index (χ0n) is 13.7. The van der Waals surface area contributed by atoms with Crippen molar-refractivity contribution in [1.82, 2.24) is 4.90 Å². The summed E-state index contributed by atoms with van der Waals surface area (Å²) in [5.41, 5.74) is 10.4. The minimum absolute atomic E-state index is 0.384. The fraction of sp³-hybridized carbons (Fsp3) is 0.667. The molecular weight excluding hydrogens is 258 g/mol. The number of nitrogens with two attached hydrogens (primary N) is 1. The van der Waals surface area contributed by atoms with Gasteiger partial charge in [0.15, 0.2) is 0 Å². The van der Waals surface area contributed by atoms with Crippen molar-refractivity contribution in [3.8, 4) is 0 Å². The number of nitrogens with zero attached hydrogens (tertiary/aromatic N) is 2. The molecule has 1 aromatic carbocycles. The van der Waals surface area contributed by atoms with Gasteiger partial charge in [-0.05, 0) is 41.9 Å². The maximum Gasteiger partial charge on any atom is 0.0470 e. The van der Waals surface area contributed by atoms with E-state index in [1.807, 2.05) is 0 Å². The van der Waals surface area contributed by atoms with Crippen molar-refractivity contribution in [2.45, 2.75) is 32.7 Å². The number of anilines is 1. The molecular formula is C18H29N3. The van der Waals surface area contributed by atoms with Gasteiger partial charge in [-0.25, -0.2) is 0 Å². The smallest absolute Gasteiger partial charge is 0.0470 e. The van der Waals surface area contributed by atoms with Crippen LogP contribution in [0.5, 0.6) is 0 Å². The molecule has 3 heteroatoms. The van der Waals surface area contributed by atoms with Crippen LogP contribution in [0.3, 0.4) is 0 Å². The van der Waals surface area contributed by atoms with E-state index < -0.39 is 0 Å². The molecule has 0 aromatic heterocycles. The normalized spacial score (nSPS) is 27.7. The summed E-state index contributed by atoms with van der Waals surface area (Å²) in [4.78, 5) is 4.96. The fourth-order valence-electron chi connectivity index (χ4n) is 3.94. The topological polar surface area (TPSA) is 32.5 Å². The number of aryl methyl sites for hydroxylation is 1. The number of likely N-dealkylation sites (tertiary alicyclic amines) is 1. The quantitative estimate of drug-likeness (QED) is 0.927. The minimum atomic E-state index is 0.384. The highest BCUT2D eigenvalue weighted by Crippen LogP contribution is 2.33. The first-order valence-corrected chi connectivity index (χ1v) is 8.38. The molecule has 2 aliphatic rings. The van der Waals surface area contributed by atoms with Crippen molar-refractivity contribution < 1.29 is 0 Å². The number of hydrogen-bond donors (Lipinski definition) is 1. The van der Waals surface area contributed by atoms with Crippen LogP contribution in [0.4, 0.5) is 5.69 Å². The fourth-order valence-corrected chi connectivity index (χ4v) is 3.94. The van der Waals surface area contributed by atoms with E-state index in [1.54, 1.807) is 0 Å². The van der Waals surface area contributed by atoms with Gasteiger partial charge >= 0.3 is 0 Å². The van der Waals surface area contributed by atoms with Crippen LogP contribution in [-0.2, 0) is 6.42 Å². The van der Waals surface area contributed by atoms with Crippen LogP contribution in [-0.4, -0.2) is 38.1 Å². The van der Waals surface area contributed by atoms with Gasteiger partial charge in [-0.2, -0.15) is 0 Å². The Morgan fingerprint density at radius 3 is 2.62 bits per heavy atom. The maximum atomic E-state index is 6.13. The van der Waals surface area contributed by atoms with Gasteiger partial charge in [0.2, 0.25) is 0 Å². The Hall–Kier alpha value is -1.06. The predicted octanol–water partition coefficient (Wildman–Crippen LogP) is 2.66. The van der Waals surface area contributed by atoms with Crippen molar-refractivity contribution in [3.63, 3.8) is 0 Å². The predicted molar refractivity (Wildman–Crippen MR) is 89.7 cm³/mol. The van der Waals surface area contributed by atoms with E-state index >= 15 is 0 Å². The zero-order valence-corrected chi connectivity index (χ0v) is 13.7. The third-order valence-electron chi connectivity index (χ3n) is 5.52. The molecule has 0 aliphatic carbocycles. The zero-order chi connectivity index (χ0) is 15.0. The van der Waals surface area contributed by atoms with Crippen LogP contribution < -0.4 is 10.6 Å². The highest BCUT2D eigenvalue weighted by atomic mass is 15.2. The maximum absolute atomic E-state index is 6.13. The largest absolute Gasteiger partial charge is 0.374 e. The van der Waals surface area contributed by atoms with E-state index in [9.17, 15) is 0 Å². The number of rotatable bonds is 3. The molecule has 0 amide bonds. The Bertz CT molecular complexity index is 489. The van der Waals surface area contributed by atoms with E-state index in [0.29, 0.717) is 12.6 Å². The molecule has 1 fully saturated rings. The molecule has 3 unspecified atom stereocenters. The van der Waals surface area contributed by atoms with Gasteiger partial charge in [-0.15, -0.1) is 0 Å². The molecule has 0 spiro atoms. The van der Waals surface area contributed by atoms with Crippen molar-refractivity contribution in [2.24, 2.45) is 17.6 Å². The highest BCUT2D eigenvalue weighted by Gasteiger charge is 2.31. The van der Waals surface area contributed by atoms with E-state index in [-0.39, 0.29) is 0 Å². The molecule has 3 rings (SSSR count). The van der Waals surface area contributed by atoms with E-state index in [2.05, 4.69) is 48.9 Å². The Labute approximate surface area is 129 Å². The Morgan fingerprint density at radius 2 is 1.95 bits per heavy atom. The van der Waals surface area contributed by atoms with E-state index in [1.165, 1.54) is 49.3 Å². The van der Waals surface area contributed by atoms with Crippen LogP contribution in [0, 0.1) is 11.8 Å². The molecule has 116 valence electrons. The lowest BCUT2D eigenvalue weighted by atomic mass is 9.96. The molecule has 1 saturated heterocycles. The first-order chi connectivity index (χ1) is 10.1. The second-order valence-electron chi connectivity index (χ2n) is 7.07. The molecule has 0 bridgehead atoms.